The largest absolute Gasteiger partial charge is 0.472 e. The lowest BCUT2D eigenvalue weighted by Gasteiger charge is -1.99. The third kappa shape index (κ3) is 2.52. The zero-order valence-electron chi connectivity index (χ0n) is 6.54. The van der Waals surface area contributed by atoms with Crippen molar-refractivity contribution in [3.8, 4) is 12.0 Å². The Bertz CT molecular complexity index is 411. The molecule has 0 saturated carbocycles. The number of carboxylic acid groups (broad SMARTS) is 1. The number of carbonyl (C=O) groups is 1. The van der Waals surface area contributed by atoms with Crippen molar-refractivity contribution in [2.24, 2.45) is 0 Å². The molecule has 0 aromatic carbocycles. The van der Waals surface area contributed by atoms with Crippen LogP contribution in [0.4, 0.5) is 13.2 Å². The zero-order chi connectivity index (χ0) is 10.8. The normalized spacial score (nSPS) is 10.5. The lowest BCUT2D eigenvalue weighted by Crippen LogP contribution is -2.02. The van der Waals surface area contributed by atoms with Crippen molar-refractivity contribution in [3.05, 3.63) is 18.0 Å². The molecule has 1 rings (SSSR count). The molecule has 0 aliphatic carbocycles. The molecule has 0 atom stereocenters. The maximum Gasteiger partial charge on any atom is 0.419 e. The number of aromatic nitrogens is 2. The number of aliphatic carboxylic acids is 1. The number of rotatable bonds is 0. The van der Waals surface area contributed by atoms with Gasteiger partial charge in [0.1, 0.15) is 0 Å². The number of carboxylic acids is 1. The molecule has 0 fully saturated rings. The average molecular weight is 204 g/mol. The summed E-state index contributed by atoms with van der Waals surface area (Å²) >= 11 is 0. The van der Waals surface area contributed by atoms with E-state index in [1.807, 2.05) is 6.04 Å². The Balaban J connectivity index is 2.91. The molecule has 0 aliphatic rings. The summed E-state index contributed by atoms with van der Waals surface area (Å²) in [4.78, 5) is 9.94. The molecule has 1 N–H and O–H groups in total. The summed E-state index contributed by atoms with van der Waals surface area (Å²) in [5.74, 6) is 0.190. The van der Waals surface area contributed by atoms with E-state index in [0.717, 1.165) is 0 Å². The second-order valence-corrected chi connectivity index (χ2v) is 2.21. The van der Waals surface area contributed by atoms with Crippen LogP contribution in [0.15, 0.2) is 12.4 Å². The SMILES string of the molecule is O=C(O)C#Cn1cc(C(F)(F)F)cn1. The molecular weight excluding hydrogens is 201 g/mol. The summed E-state index contributed by atoms with van der Waals surface area (Å²) in [6.45, 7) is 0. The summed E-state index contributed by atoms with van der Waals surface area (Å²) in [5.41, 5.74) is -0.975. The molecule has 14 heavy (non-hydrogen) atoms. The fourth-order valence-electron chi connectivity index (χ4n) is 0.635. The number of hydrogen-bond donors (Lipinski definition) is 1. The summed E-state index contributed by atoms with van der Waals surface area (Å²) in [6.07, 6.45) is -3.32. The molecule has 0 saturated heterocycles. The maximum atomic E-state index is 12.0. The van der Waals surface area contributed by atoms with Crippen LogP contribution in [0.5, 0.6) is 0 Å². The third-order valence-corrected chi connectivity index (χ3v) is 1.19. The van der Waals surface area contributed by atoms with Crippen molar-refractivity contribution in [2.45, 2.75) is 6.18 Å². The Morgan fingerprint density at radius 2 is 2.21 bits per heavy atom. The van der Waals surface area contributed by atoms with E-state index in [-0.39, 0.29) is 0 Å². The van der Waals surface area contributed by atoms with Gasteiger partial charge in [-0.25, -0.2) is 4.79 Å². The van der Waals surface area contributed by atoms with Crippen LogP contribution in [-0.4, -0.2) is 20.9 Å². The van der Waals surface area contributed by atoms with Gasteiger partial charge in [0.05, 0.1) is 18.0 Å². The van der Waals surface area contributed by atoms with Crippen LogP contribution in [-0.2, 0) is 11.0 Å². The Morgan fingerprint density at radius 1 is 1.57 bits per heavy atom. The number of halogens is 3. The Morgan fingerprint density at radius 3 is 2.64 bits per heavy atom. The smallest absolute Gasteiger partial charge is 0.419 e. The summed E-state index contributed by atoms with van der Waals surface area (Å²) in [7, 11) is 0. The van der Waals surface area contributed by atoms with Crippen molar-refractivity contribution in [3.63, 3.8) is 0 Å². The first kappa shape index (κ1) is 10.1. The average Bonchev–Trinajstić information content (AvgIpc) is 2.47. The van der Waals surface area contributed by atoms with Crippen LogP contribution in [0.2, 0.25) is 0 Å². The third-order valence-electron chi connectivity index (χ3n) is 1.19. The minimum absolute atomic E-state index is 0.566. The second kappa shape index (κ2) is 3.41. The van der Waals surface area contributed by atoms with E-state index in [0.29, 0.717) is 17.1 Å². The molecule has 0 aliphatic heterocycles. The van der Waals surface area contributed by atoms with Gasteiger partial charge in [0, 0.05) is 12.0 Å². The standard InChI is InChI=1S/C7H3F3N2O2/c8-7(9,10)5-3-11-12(4-5)2-1-6(13)14/h3-4H,(H,13,14). The molecule has 0 radical (unpaired) electrons. The predicted molar refractivity (Wildman–Crippen MR) is 38.0 cm³/mol. The van der Waals surface area contributed by atoms with Gasteiger partial charge in [-0.05, 0) is 0 Å². The van der Waals surface area contributed by atoms with Gasteiger partial charge >= 0.3 is 12.1 Å². The second-order valence-electron chi connectivity index (χ2n) is 2.21. The quantitative estimate of drug-likeness (QED) is 0.636. The van der Waals surface area contributed by atoms with Crippen molar-refractivity contribution in [1.82, 2.24) is 9.78 Å². The van der Waals surface area contributed by atoms with Crippen LogP contribution in [0.3, 0.4) is 0 Å². The Hall–Kier alpha value is -1.97. The molecule has 1 heterocycles. The van der Waals surface area contributed by atoms with Gasteiger partial charge in [0.15, 0.2) is 0 Å². The van der Waals surface area contributed by atoms with Crippen molar-refractivity contribution >= 4 is 5.97 Å². The minimum atomic E-state index is -4.50. The molecule has 74 valence electrons. The van der Waals surface area contributed by atoms with E-state index < -0.39 is 17.7 Å². The summed E-state index contributed by atoms with van der Waals surface area (Å²) in [5, 5.41) is 11.3. The highest BCUT2D eigenvalue weighted by molar-refractivity contribution is 5.86. The highest BCUT2D eigenvalue weighted by atomic mass is 19.4. The summed E-state index contributed by atoms with van der Waals surface area (Å²) < 4.78 is 36.5. The molecule has 7 heteroatoms. The highest BCUT2D eigenvalue weighted by Crippen LogP contribution is 2.28. The number of alkyl halides is 3. The van der Waals surface area contributed by atoms with Crippen LogP contribution < -0.4 is 0 Å². The molecule has 4 nitrogen and oxygen atoms in total. The van der Waals surface area contributed by atoms with E-state index in [1.165, 1.54) is 0 Å². The van der Waals surface area contributed by atoms with Crippen LogP contribution >= 0.6 is 0 Å². The van der Waals surface area contributed by atoms with Crippen LogP contribution in [0.25, 0.3) is 0 Å². The van der Waals surface area contributed by atoms with E-state index in [4.69, 9.17) is 5.11 Å². The van der Waals surface area contributed by atoms with E-state index in [2.05, 4.69) is 5.10 Å². The van der Waals surface area contributed by atoms with Crippen LogP contribution in [0.1, 0.15) is 5.56 Å². The molecular formula is C7H3F3N2O2. The first-order valence-corrected chi connectivity index (χ1v) is 3.26. The molecule has 0 unspecified atom stereocenters. The van der Waals surface area contributed by atoms with Gasteiger partial charge in [0.2, 0.25) is 0 Å². The van der Waals surface area contributed by atoms with Crippen LogP contribution in [0, 0.1) is 12.0 Å². The molecule has 0 spiro atoms. The van der Waals surface area contributed by atoms with Gasteiger partial charge in [-0.1, -0.05) is 0 Å². The van der Waals surface area contributed by atoms with Crippen molar-refractivity contribution in [1.29, 1.82) is 0 Å². The first-order chi connectivity index (χ1) is 6.39. The van der Waals surface area contributed by atoms with Gasteiger partial charge in [-0.2, -0.15) is 23.0 Å². The maximum absolute atomic E-state index is 12.0. The van der Waals surface area contributed by atoms with E-state index >= 15 is 0 Å². The number of hydrogen-bond acceptors (Lipinski definition) is 2. The van der Waals surface area contributed by atoms with Gasteiger partial charge in [-0.3, -0.25) is 0 Å². The van der Waals surface area contributed by atoms with Gasteiger partial charge in [0.25, 0.3) is 0 Å². The fraction of sp³-hybridized carbons (Fsp3) is 0.143. The highest BCUT2D eigenvalue weighted by Gasteiger charge is 2.32. The van der Waals surface area contributed by atoms with Gasteiger partial charge in [-0.15, -0.1) is 0 Å². The molecule has 1 aromatic heterocycles. The van der Waals surface area contributed by atoms with E-state index in [1.54, 1.807) is 5.92 Å². The summed E-state index contributed by atoms with van der Waals surface area (Å²) in [6, 6.07) is 1.89. The Labute approximate surface area is 75.9 Å². The fourth-order valence-corrected chi connectivity index (χ4v) is 0.635. The van der Waals surface area contributed by atoms with Gasteiger partial charge < -0.3 is 5.11 Å². The predicted octanol–water partition coefficient (Wildman–Crippen LogP) is 0.796. The lowest BCUT2D eigenvalue weighted by molar-refractivity contribution is -0.137. The molecule has 0 amide bonds. The topological polar surface area (TPSA) is 55.1 Å². The minimum Gasteiger partial charge on any atom is -0.472 e. The lowest BCUT2D eigenvalue weighted by atomic mass is 10.4. The molecule has 0 bridgehead atoms. The zero-order valence-corrected chi connectivity index (χ0v) is 6.54. The monoisotopic (exact) mass is 204 g/mol. The first-order valence-electron chi connectivity index (χ1n) is 3.26. The van der Waals surface area contributed by atoms with E-state index in [9.17, 15) is 18.0 Å². The van der Waals surface area contributed by atoms with Crippen molar-refractivity contribution in [2.75, 3.05) is 0 Å². The number of nitrogens with zero attached hydrogens (tertiary/aromatic N) is 2. The Kier molecular flexibility index (Phi) is 2.47. The van der Waals surface area contributed by atoms with Crippen molar-refractivity contribution < 1.29 is 23.1 Å². The molecule has 1 aromatic rings.